The highest BCUT2D eigenvalue weighted by atomic mass is 32.2. The van der Waals surface area contributed by atoms with Gasteiger partial charge in [-0.3, -0.25) is 4.79 Å². The Morgan fingerprint density at radius 1 is 1.50 bits per heavy atom. The van der Waals surface area contributed by atoms with Gasteiger partial charge in [0, 0.05) is 11.6 Å². The second-order valence-electron chi connectivity index (χ2n) is 3.65. The summed E-state index contributed by atoms with van der Waals surface area (Å²) in [6.07, 6.45) is 1.41. The highest BCUT2D eigenvalue weighted by molar-refractivity contribution is 8.01. The average Bonchev–Trinajstić information content (AvgIpc) is 2.84. The minimum atomic E-state index is -0.919. The van der Waals surface area contributed by atoms with E-state index in [0.29, 0.717) is 20.6 Å². The number of carbonyl (C=O) groups is 2. The summed E-state index contributed by atoms with van der Waals surface area (Å²) < 4.78 is 5.31. The molecule has 2 heterocycles. The van der Waals surface area contributed by atoms with Crippen molar-refractivity contribution >= 4 is 35.0 Å². The van der Waals surface area contributed by atoms with E-state index in [0.717, 1.165) is 0 Å². The number of rotatable bonds is 5. The smallest absolute Gasteiger partial charge is 0.337 e. The maximum absolute atomic E-state index is 11.4. The van der Waals surface area contributed by atoms with E-state index in [1.807, 2.05) is 0 Å². The molecular weight excluding hydrogens is 300 g/mol. The molecule has 0 bridgehead atoms. The van der Waals surface area contributed by atoms with Gasteiger partial charge in [0.2, 0.25) is 0 Å². The largest absolute Gasteiger partial charge is 0.481 e. The number of thiazole rings is 1. The second kappa shape index (κ2) is 6.49. The van der Waals surface area contributed by atoms with Gasteiger partial charge >= 0.3 is 11.9 Å². The topological polar surface area (TPSA) is 89.4 Å². The van der Waals surface area contributed by atoms with E-state index in [4.69, 9.17) is 5.11 Å². The molecule has 2 aromatic rings. The molecule has 0 aromatic carbocycles. The van der Waals surface area contributed by atoms with Crippen LogP contribution in [0.4, 0.5) is 0 Å². The summed E-state index contributed by atoms with van der Waals surface area (Å²) in [6.45, 7) is 0. The fourth-order valence-corrected chi connectivity index (χ4v) is 3.15. The molecule has 0 radical (unpaired) electrons. The van der Waals surface area contributed by atoms with E-state index < -0.39 is 11.9 Å². The number of carboxylic acids is 1. The zero-order chi connectivity index (χ0) is 14.5. The van der Waals surface area contributed by atoms with Crippen LogP contribution in [0.5, 0.6) is 0 Å². The summed E-state index contributed by atoms with van der Waals surface area (Å²) in [4.78, 5) is 30.3. The highest BCUT2D eigenvalue weighted by Gasteiger charge is 2.10. The van der Waals surface area contributed by atoms with Crippen LogP contribution in [0.1, 0.15) is 16.1 Å². The van der Waals surface area contributed by atoms with Crippen LogP contribution in [0, 0.1) is 0 Å². The monoisotopic (exact) mass is 310 g/mol. The molecule has 0 aliphatic carbocycles. The molecular formula is C12H10N2O4S2. The fraction of sp³-hybridized carbons (Fsp3) is 0.167. The van der Waals surface area contributed by atoms with Gasteiger partial charge in [0.1, 0.15) is 5.03 Å². The molecule has 0 saturated heterocycles. The Hall–Kier alpha value is -1.93. The van der Waals surface area contributed by atoms with Crippen LogP contribution in [-0.4, -0.2) is 34.1 Å². The molecule has 2 rings (SSSR count). The van der Waals surface area contributed by atoms with Crippen molar-refractivity contribution < 1.29 is 19.4 Å². The molecule has 0 unspecified atom stereocenters. The molecule has 20 heavy (non-hydrogen) atoms. The van der Waals surface area contributed by atoms with Crippen LogP contribution < -0.4 is 0 Å². The molecule has 0 amide bonds. The van der Waals surface area contributed by atoms with Gasteiger partial charge in [-0.15, -0.1) is 11.3 Å². The van der Waals surface area contributed by atoms with Crippen molar-refractivity contribution in [1.29, 1.82) is 0 Å². The first kappa shape index (κ1) is 14.5. The quantitative estimate of drug-likeness (QED) is 0.846. The predicted octanol–water partition coefficient (Wildman–Crippen LogP) is 2.10. The minimum absolute atomic E-state index is 0.104. The Kier molecular flexibility index (Phi) is 4.70. The van der Waals surface area contributed by atoms with E-state index in [1.165, 1.54) is 36.4 Å². The van der Waals surface area contributed by atoms with E-state index in [1.54, 1.807) is 17.5 Å². The van der Waals surface area contributed by atoms with E-state index >= 15 is 0 Å². The summed E-state index contributed by atoms with van der Waals surface area (Å²) in [5, 5.41) is 11.0. The molecule has 1 N–H and O–H groups in total. The molecule has 0 saturated carbocycles. The summed E-state index contributed by atoms with van der Waals surface area (Å²) in [7, 11) is 1.31. The van der Waals surface area contributed by atoms with Crippen molar-refractivity contribution in [2.24, 2.45) is 0 Å². The van der Waals surface area contributed by atoms with Crippen LogP contribution >= 0.6 is 23.1 Å². The van der Waals surface area contributed by atoms with Gasteiger partial charge in [-0.25, -0.2) is 14.8 Å². The summed E-state index contributed by atoms with van der Waals surface area (Å²) >= 11 is 2.61. The van der Waals surface area contributed by atoms with Crippen molar-refractivity contribution in [2.45, 2.75) is 15.8 Å². The van der Waals surface area contributed by atoms with Crippen molar-refractivity contribution in [3.63, 3.8) is 0 Å². The molecule has 0 aliphatic heterocycles. The Morgan fingerprint density at radius 3 is 3.00 bits per heavy atom. The van der Waals surface area contributed by atoms with Crippen molar-refractivity contribution in [1.82, 2.24) is 9.97 Å². The number of carboxylic acid groups (broad SMARTS) is 1. The number of carbonyl (C=O) groups excluding carboxylic acids is 1. The summed E-state index contributed by atoms with van der Waals surface area (Å²) in [6, 6.07) is 3.17. The molecule has 2 aromatic heterocycles. The van der Waals surface area contributed by atoms with Crippen LogP contribution in [0.2, 0.25) is 0 Å². The predicted molar refractivity (Wildman–Crippen MR) is 73.2 cm³/mol. The Labute approximate surface area is 122 Å². The molecule has 6 nitrogen and oxygen atoms in total. The number of hydrogen-bond donors (Lipinski definition) is 1. The number of aliphatic carboxylic acids is 1. The number of esters is 1. The average molecular weight is 310 g/mol. The first-order valence-electron chi connectivity index (χ1n) is 5.47. The molecule has 0 spiro atoms. The van der Waals surface area contributed by atoms with Gasteiger partial charge < -0.3 is 9.84 Å². The number of ether oxygens (including phenoxy) is 1. The van der Waals surface area contributed by atoms with E-state index in [9.17, 15) is 9.59 Å². The third kappa shape index (κ3) is 3.78. The molecule has 0 atom stereocenters. The second-order valence-corrected chi connectivity index (χ2v) is 5.78. The third-order valence-electron chi connectivity index (χ3n) is 2.21. The van der Waals surface area contributed by atoms with Gasteiger partial charge in [-0.1, -0.05) is 0 Å². The zero-order valence-corrected chi connectivity index (χ0v) is 12.0. The SMILES string of the molecule is COC(=O)c1ccnc(Sc2nc(CC(=O)O)cs2)c1. The van der Waals surface area contributed by atoms with Gasteiger partial charge in [-0.2, -0.15) is 0 Å². The first-order valence-corrected chi connectivity index (χ1v) is 7.16. The van der Waals surface area contributed by atoms with Crippen molar-refractivity contribution in [3.8, 4) is 0 Å². The zero-order valence-electron chi connectivity index (χ0n) is 10.4. The Bertz CT molecular complexity index is 642. The highest BCUT2D eigenvalue weighted by Crippen LogP contribution is 2.29. The third-order valence-corrected chi connectivity index (χ3v) is 4.13. The first-order chi connectivity index (χ1) is 9.58. The van der Waals surface area contributed by atoms with Gasteiger partial charge in [-0.05, 0) is 23.9 Å². The molecule has 0 aliphatic rings. The lowest BCUT2D eigenvalue weighted by Gasteiger charge is -2.01. The van der Waals surface area contributed by atoms with Gasteiger partial charge in [0.15, 0.2) is 4.34 Å². The number of hydrogen-bond acceptors (Lipinski definition) is 7. The minimum Gasteiger partial charge on any atom is -0.481 e. The van der Waals surface area contributed by atoms with Crippen LogP contribution in [0.25, 0.3) is 0 Å². The Morgan fingerprint density at radius 2 is 2.30 bits per heavy atom. The van der Waals surface area contributed by atoms with Gasteiger partial charge in [0.25, 0.3) is 0 Å². The number of nitrogens with zero attached hydrogens (tertiary/aromatic N) is 2. The van der Waals surface area contributed by atoms with Crippen LogP contribution in [0.3, 0.4) is 0 Å². The van der Waals surface area contributed by atoms with Crippen molar-refractivity contribution in [2.75, 3.05) is 7.11 Å². The number of methoxy groups -OCH3 is 1. The fourth-order valence-electron chi connectivity index (χ4n) is 1.37. The van der Waals surface area contributed by atoms with Crippen molar-refractivity contribution in [3.05, 3.63) is 35.0 Å². The molecule has 8 heteroatoms. The van der Waals surface area contributed by atoms with Gasteiger partial charge in [0.05, 0.1) is 24.8 Å². The van der Waals surface area contributed by atoms with Crippen LogP contribution in [0.15, 0.2) is 33.1 Å². The van der Waals surface area contributed by atoms with Crippen LogP contribution in [-0.2, 0) is 16.0 Å². The van der Waals surface area contributed by atoms with E-state index in [2.05, 4.69) is 14.7 Å². The summed E-state index contributed by atoms with van der Waals surface area (Å²) in [5.74, 6) is -1.35. The number of pyridine rings is 1. The Balaban J connectivity index is 2.11. The lowest BCUT2D eigenvalue weighted by Crippen LogP contribution is -2.01. The molecule has 0 fully saturated rings. The lowest BCUT2D eigenvalue weighted by atomic mass is 10.3. The normalized spacial score (nSPS) is 10.2. The van der Waals surface area contributed by atoms with E-state index in [-0.39, 0.29) is 6.42 Å². The maximum atomic E-state index is 11.4. The molecule has 104 valence electrons. The summed E-state index contributed by atoms with van der Waals surface area (Å²) in [5.41, 5.74) is 0.918. The standard InChI is InChI=1S/C12H10N2O4S2/c1-18-11(17)7-2-3-13-9(4-7)20-12-14-8(6-19-12)5-10(15)16/h2-4,6H,5H2,1H3,(H,15,16). The lowest BCUT2D eigenvalue weighted by molar-refractivity contribution is -0.136. The number of aromatic nitrogens is 2. The maximum Gasteiger partial charge on any atom is 0.337 e.